The van der Waals surface area contributed by atoms with E-state index in [1.54, 1.807) is 12.1 Å². The summed E-state index contributed by atoms with van der Waals surface area (Å²) in [5.74, 6) is -0.482. The lowest BCUT2D eigenvalue weighted by Gasteiger charge is -2.36. The van der Waals surface area contributed by atoms with Crippen LogP contribution in [0.25, 0.3) is 0 Å². The van der Waals surface area contributed by atoms with Crippen molar-refractivity contribution in [2.24, 2.45) is 11.8 Å². The van der Waals surface area contributed by atoms with E-state index in [1.165, 1.54) is 12.1 Å². The van der Waals surface area contributed by atoms with Crippen molar-refractivity contribution < 1.29 is 14.0 Å². The molecule has 1 aromatic carbocycles. The molecule has 0 radical (unpaired) electrons. The van der Waals surface area contributed by atoms with E-state index in [-0.39, 0.29) is 29.5 Å². The molecular formula is C19H27FN4O2. The first-order valence-corrected chi connectivity index (χ1v) is 9.17. The highest BCUT2D eigenvalue weighted by Crippen LogP contribution is 2.40. The van der Waals surface area contributed by atoms with Crippen LogP contribution in [0.5, 0.6) is 0 Å². The lowest BCUT2D eigenvalue weighted by molar-refractivity contribution is -0.135. The lowest BCUT2D eigenvalue weighted by atomic mass is 10.2. The van der Waals surface area contributed by atoms with Crippen molar-refractivity contribution in [2.75, 3.05) is 58.3 Å². The molecule has 1 N–H and O–H groups in total. The highest BCUT2D eigenvalue weighted by molar-refractivity contribution is 5.92. The number of carbonyl (C=O) groups is 2. The van der Waals surface area contributed by atoms with Gasteiger partial charge < -0.3 is 20.0 Å². The molecule has 1 aliphatic carbocycles. The molecule has 2 amide bonds. The van der Waals surface area contributed by atoms with Gasteiger partial charge in [-0.15, -0.1) is 0 Å². The molecule has 7 heteroatoms. The molecule has 1 saturated carbocycles. The Balaban J connectivity index is 1.43. The molecule has 26 heavy (non-hydrogen) atoms. The third-order valence-corrected chi connectivity index (χ3v) is 5.09. The van der Waals surface area contributed by atoms with E-state index in [1.807, 2.05) is 23.9 Å². The Hall–Kier alpha value is -2.15. The summed E-state index contributed by atoms with van der Waals surface area (Å²) >= 11 is 0. The maximum absolute atomic E-state index is 13.0. The Bertz CT molecular complexity index is 641. The van der Waals surface area contributed by atoms with Gasteiger partial charge in [-0.25, -0.2) is 4.39 Å². The molecule has 142 valence electrons. The number of piperazine rings is 1. The summed E-state index contributed by atoms with van der Waals surface area (Å²) in [4.78, 5) is 30.7. The highest BCUT2D eigenvalue weighted by Gasteiger charge is 2.49. The summed E-state index contributed by atoms with van der Waals surface area (Å²) in [7, 11) is 3.92. The summed E-state index contributed by atoms with van der Waals surface area (Å²) in [6.07, 6.45) is 0.658. The minimum Gasteiger partial charge on any atom is -0.368 e. The number of likely N-dealkylation sites (N-methyl/N-ethyl adjacent to an activating group) is 1. The first-order chi connectivity index (χ1) is 12.5. The molecule has 2 aliphatic rings. The molecule has 1 aromatic rings. The topological polar surface area (TPSA) is 55.9 Å². The smallest absolute Gasteiger partial charge is 0.226 e. The second kappa shape index (κ2) is 8.03. The summed E-state index contributed by atoms with van der Waals surface area (Å²) in [5.41, 5.74) is 0.975. The zero-order chi connectivity index (χ0) is 18.7. The fourth-order valence-corrected chi connectivity index (χ4v) is 3.36. The van der Waals surface area contributed by atoms with Gasteiger partial charge in [0.15, 0.2) is 0 Å². The van der Waals surface area contributed by atoms with Gasteiger partial charge in [-0.2, -0.15) is 0 Å². The summed E-state index contributed by atoms with van der Waals surface area (Å²) in [5, 5.41) is 2.91. The van der Waals surface area contributed by atoms with Gasteiger partial charge in [0.2, 0.25) is 11.8 Å². The lowest BCUT2D eigenvalue weighted by Crippen LogP contribution is -2.49. The van der Waals surface area contributed by atoms with Crippen molar-refractivity contribution in [1.29, 1.82) is 0 Å². The van der Waals surface area contributed by atoms with E-state index in [0.29, 0.717) is 26.1 Å². The van der Waals surface area contributed by atoms with E-state index in [0.717, 1.165) is 25.3 Å². The van der Waals surface area contributed by atoms with Gasteiger partial charge in [-0.3, -0.25) is 9.59 Å². The fourth-order valence-electron chi connectivity index (χ4n) is 3.36. The molecule has 1 heterocycles. The van der Waals surface area contributed by atoms with Crippen LogP contribution in [0.15, 0.2) is 24.3 Å². The van der Waals surface area contributed by atoms with Crippen molar-refractivity contribution in [3.63, 3.8) is 0 Å². The number of amides is 2. The van der Waals surface area contributed by atoms with Crippen LogP contribution in [-0.2, 0) is 9.59 Å². The van der Waals surface area contributed by atoms with E-state index >= 15 is 0 Å². The van der Waals surface area contributed by atoms with Crippen molar-refractivity contribution in [2.45, 2.75) is 6.42 Å². The molecule has 1 saturated heterocycles. The maximum atomic E-state index is 13.0. The quantitative estimate of drug-likeness (QED) is 0.813. The van der Waals surface area contributed by atoms with Gasteiger partial charge >= 0.3 is 0 Å². The molecule has 2 unspecified atom stereocenters. The zero-order valence-electron chi connectivity index (χ0n) is 15.4. The fraction of sp³-hybridized carbons (Fsp3) is 0.579. The maximum Gasteiger partial charge on any atom is 0.226 e. The largest absolute Gasteiger partial charge is 0.368 e. The summed E-state index contributed by atoms with van der Waals surface area (Å²) in [6.45, 7) is 4.14. The Labute approximate surface area is 153 Å². The monoisotopic (exact) mass is 362 g/mol. The highest BCUT2D eigenvalue weighted by atomic mass is 19.1. The van der Waals surface area contributed by atoms with Crippen LogP contribution in [-0.4, -0.2) is 75.0 Å². The zero-order valence-corrected chi connectivity index (χ0v) is 15.4. The number of hydrogen-bond acceptors (Lipinski definition) is 4. The molecule has 0 bridgehead atoms. The number of anilines is 1. The normalized spacial score (nSPS) is 22.5. The molecular weight excluding hydrogens is 335 g/mol. The van der Waals surface area contributed by atoms with Crippen LogP contribution in [0.1, 0.15) is 6.42 Å². The van der Waals surface area contributed by atoms with E-state index < -0.39 is 0 Å². The average molecular weight is 362 g/mol. The van der Waals surface area contributed by atoms with Crippen LogP contribution in [0, 0.1) is 17.7 Å². The van der Waals surface area contributed by atoms with E-state index in [4.69, 9.17) is 0 Å². The predicted octanol–water partition coefficient (Wildman–Crippen LogP) is 0.788. The summed E-state index contributed by atoms with van der Waals surface area (Å²) < 4.78 is 13.0. The summed E-state index contributed by atoms with van der Waals surface area (Å²) in [6, 6.07) is 6.44. The van der Waals surface area contributed by atoms with Crippen molar-refractivity contribution in [3.05, 3.63) is 30.1 Å². The molecule has 6 nitrogen and oxygen atoms in total. The van der Waals surface area contributed by atoms with Gasteiger partial charge in [0.1, 0.15) is 5.82 Å². The number of hydrogen-bond donors (Lipinski definition) is 1. The van der Waals surface area contributed by atoms with E-state index in [9.17, 15) is 14.0 Å². The second-order valence-corrected chi connectivity index (χ2v) is 7.33. The van der Waals surface area contributed by atoms with Crippen LogP contribution in [0.3, 0.4) is 0 Å². The Morgan fingerprint density at radius 1 is 1.12 bits per heavy atom. The number of carbonyl (C=O) groups excluding carboxylic acids is 2. The minimum absolute atomic E-state index is 0.00449. The number of nitrogens with zero attached hydrogens (tertiary/aromatic N) is 3. The predicted molar refractivity (Wildman–Crippen MR) is 98.4 cm³/mol. The number of rotatable bonds is 6. The molecule has 2 atom stereocenters. The minimum atomic E-state index is -0.244. The van der Waals surface area contributed by atoms with Gasteiger partial charge in [-0.1, -0.05) is 0 Å². The van der Waals surface area contributed by atoms with Crippen LogP contribution in [0.4, 0.5) is 10.1 Å². The third-order valence-electron chi connectivity index (χ3n) is 5.09. The van der Waals surface area contributed by atoms with Gasteiger partial charge in [0.05, 0.1) is 11.8 Å². The van der Waals surface area contributed by atoms with Crippen LogP contribution < -0.4 is 10.2 Å². The Morgan fingerprint density at radius 2 is 1.77 bits per heavy atom. The molecule has 0 aromatic heterocycles. The van der Waals surface area contributed by atoms with Gasteiger partial charge in [-0.05, 0) is 44.8 Å². The molecule has 0 spiro atoms. The van der Waals surface area contributed by atoms with Crippen LogP contribution in [0.2, 0.25) is 0 Å². The first-order valence-electron chi connectivity index (χ1n) is 9.17. The number of halogens is 1. The Kier molecular flexibility index (Phi) is 5.76. The molecule has 2 fully saturated rings. The van der Waals surface area contributed by atoms with E-state index in [2.05, 4.69) is 10.2 Å². The standard InChI is InChI=1S/C19H27FN4O2/c1-22(2)8-7-21-18(25)16-13-17(16)19(26)24-11-9-23(10-12-24)15-5-3-14(20)4-6-15/h3-6,16-17H,7-13H2,1-2H3,(H,21,25). The molecule has 3 rings (SSSR count). The number of benzene rings is 1. The van der Waals surface area contributed by atoms with Crippen LogP contribution >= 0.6 is 0 Å². The van der Waals surface area contributed by atoms with Crippen molar-refractivity contribution >= 4 is 17.5 Å². The third kappa shape index (κ3) is 4.52. The second-order valence-electron chi connectivity index (χ2n) is 7.33. The Morgan fingerprint density at radius 3 is 2.38 bits per heavy atom. The molecule has 1 aliphatic heterocycles. The van der Waals surface area contributed by atoms with Gasteiger partial charge in [0, 0.05) is 45.0 Å². The number of nitrogens with one attached hydrogen (secondary N) is 1. The van der Waals surface area contributed by atoms with Crippen molar-refractivity contribution in [3.8, 4) is 0 Å². The first kappa shape index (κ1) is 18.6. The average Bonchev–Trinajstić information content (AvgIpc) is 3.42. The van der Waals surface area contributed by atoms with Crippen molar-refractivity contribution in [1.82, 2.24) is 15.1 Å². The SMILES string of the molecule is CN(C)CCNC(=O)C1CC1C(=O)N1CCN(c2ccc(F)cc2)CC1. The van der Waals surface area contributed by atoms with Gasteiger partial charge in [0.25, 0.3) is 0 Å².